The van der Waals surface area contributed by atoms with Crippen LogP contribution in [0, 0.1) is 11.8 Å². The van der Waals surface area contributed by atoms with Crippen molar-refractivity contribution in [3.8, 4) is 5.75 Å². The fraction of sp³-hybridized carbons (Fsp3) is 0.542. The number of hydrogen-bond donors (Lipinski definition) is 1. The topological polar surface area (TPSA) is 70.6 Å². The van der Waals surface area contributed by atoms with Gasteiger partial charge >= 0.3 is 0 Å². The summed E-state index contributed by atoms with van der Waals surface area (Å²) in [4.78, 5) is 26.1. The van der Waals surface area contributed by atoms with Crippen LogP contribution in [0.15, 0.2) is 42.9 Å². The summed E-state index contributed by atoms with van der Waals surface area (Å²) in [5.41, 5.74) is 1.29. The molecule has 166 valence electrons. The quantitative estimate of drug-likeness (QED) is 0.770. The van der Waals surface area contributed by atoms with Crippen LogP contribution < -0.4 is 15.0 Å². The summed E-state index contributed by atoms with van der Waals surface area (Å²) < 4.78 is 5.31. The van der Waals surface area contributed by atoms with E-state index in [4.69, 9.17) is 4.74 Å². The van der Waals surface area contributed by atoms with Crippen LogP contribution in [0.1, 0.15) is 37.3 Å². The lowest BCUT2D eigenvalue weighted by atomic mass is 9.84. The first-order valence-corrected chi connectivity index (χ1v) is 11.3. The van der Waals surface area contributed by atoms with Crippen molar-refractivity contribution in [3.05, 3.63) is 48.4 Å². The van der Waals surface area contributed by atoms with E-state index in [9.17, 15) is 4.79 Å². The molecule has 2 saturated heterocycles. The van der Waals surface area contributed by atoms with E-state index in [0.29, 0.717) is 12.0 Å². The normalized spacial score (nSPS) is 22.8. The molecule has 4 rings (SSSR count). The van der Waals surface area contributed by atoms with E-state index in [1.54, 1.807) is 25.7 Å². The molecule has 0 radical (unpaired) electrons. The van der Waals surface area contributed by atoms with Crippen LogP contribution >= 0.6 is 0 Å². The van der Waals surface area contributed by atoms with Gasteiger partial charge in [-0.3, -0.25) is 14.7 Å². The first-order valence-electron chi connectivity index (χ1n) is 11.3. The Morgan fingerprint density at radius 3 is 2.58 bits per heavy atom. The summed E-state index contributed by atoms with van der Waals surface area (Å²) in [6, 6.07) is 8.68. The number of carbonyl (C=O) groups is 1. The lowest BCUT2D eigenvalue weighted by Gasteiger charge is -2.40. The van der Waals surface area contributed by atoms with Gasteiger partial charge in [-0.05, 0) is 62.9 Å². The van der Waals surface area contributed by atoms with Crippen LogP contribution in [-0.4, -0.2) is 61.1 Å². The van der Waals surface area contributed by atoms with E-state index in [1.807, 2.05) is 12.1 Å². The van der Waals surface area contributed by atoms with Gasteiger partial charge in [0.15, 0.2) is 0 Å². The maximum absolute atomic E-state index is 12.9. The van der Waals surface area contributed by atoms with E-state index >= 15 is 0 Å². The molecule has 2 atom stereocenters. The molecule has 31 heavy (non-hydrogen) atoms. The number of hydrogen-bond acceptors (Lipinski definition) is 6. The molecular formula is C24H33N5O2. The van der Waals surface area contributed by atoms with Crippen molar-refractivity contribution in [1.29, 1.82) is 0 Å². The smallest absolute Gasteiger partial charge is 0.223 e. The number of carbonyl (C=O) groups excluding carboxylic acids is 1. The van der Waals surface area contributed by atoms with Crippen molar-refractivity contribution in [3.63, 3.8) is 0 Å². The first kappa shape index (κ1) is 21.6. The highest BCUT2D eigenvalue weighted by Gasteiger charge is 2.32. The second-order valence-corrected chi connectivity index (χ2v) is 8.67. The summed E-state index contributed by atoms with van der Waals surface area (Å²) in [6.45, 7) is 3.50. The number of amides is 1. The number of nitrogens with zero attached hydrogens (tertiary/aromatic N) is 4. The number of methoxy groups -OCH3 is 1. The number of piperidine rings is 2. The highest BCUT2D eigenvalue weighted by molar-refractivity contribution is 5.79. The Morgan fingerprint density at radius 1 is 1.13 bits per heavy atom. The van der Waals surface area contributed by atoms with E-state index in [-0.39, 0.29) is 11.8 Å². The predicted molar refractivity (Wildman–Crippen MR) is 121 cm³/mol. The van der Waals surface area contributed by atoms with E-state index < -0.39 is 0 Å². The highest BCUT2D eigenvalue weighted by atomic mass is 16.5. The monoisotopic (exact) mass is 423 g/mol. The molecule has 2 fully saturated rings. The molecule has 0 saturated carbocycles. The molecule has 0 bridgehead atoms. The van der Waals surface area contributed by atoms with Crippen molar-refractivity contribution in [2.75, 3.05) is 45.2 Å². The van der Waals surface area contributed by atoms with Gasteiger partial charge in [0, 0.05) is 44.0 Å². The molecule has 1 amide bonds. The molecule has 0 spiro atoms. The lowest BCUT2D eigenvalue weighted by Crippen LogP contribution is -2.45. The Bertz CT molecular complexity index is 837. The summed E-state index contributed by atoms with van der Waals surface area (Å²) in [6.07, 6.45) is 9.20. The number of benzene rings is 1. The number of rotatable bonds is 6. The third-order valence-corrected chi connectivity index (χ3v) is 6.74. The Morgan fingerprint density at radius 2 is 1.90 bits per heavy atom. The lowest BCUT2D eigenvalue weighted by molar-refractivity contribution is -0.126. The van der Waals surface area contributed by atoms with Crippen molar-refractivity contribution < 1.29 is 9.53 Å². The molecule has 1 N–H and O–H groups in total. The Kier molecular flexibility index (Phi) is 7.02. The highest BCUT2D eigenvalue weighted by Crippen LogP contribution is 2.35. The van der Waals surface area contributed by atoms with Gasteiger partial charge in [-0.25, -0.2) is 4.98 Å². The zero-order chi connectivity index (χ0) is 21.6. The Hall–Kier alpha value is -2.67. The standard InChI is InChI=1S/C24H33N5O2/c1-28-13-3-4-20(23(28)18-5-7-21(31-2)8-6-18)16-27-24(30)19-9-14-29(15-10-19)22-17-25-11-12-26-22/h5-8,11-12,17,19-20,23H,3-4,9-10,13-16H2,1-2H3,(H,27,30). The van der Waals surface area contributed by atoms with Crippen LogP contribution in [0.4, 0.5) is 5.82 Å². The minimum Gasteiger partial charge on any atom is -0.497 e. The molecule has 1 aromatic heterocycles. The number of ether oxygens (including phenoxy) is 1. The fourth-order valence-corrected chi connectivity index (χ4v) is 5.00. The summed E-state index contributed by atoms with van der Waals surface area (Å²) in [7, 11) is 3.88. The third-order valence-electron chi connectivity index (χ3n) is 6.74. The minimum atomic E-state index is 0.0775. The second-order valence-electron chi connectivity index (χ2n) is 8.67. The molecular weight excluding hydrogens is 390 g/mol. The average molecular weight is 424 g/mol. The van der Waals surface area contributed by atoms with Crippen molar-refractivity contribution in [2.45, 2.75) is 31.7 Å². The molecule has 0 aliphatic carbocycles. The second kappa shape index (κ2) is 10.1. The van der Waals surface area contributed by atoms with E-state index in [2.05, 4.69) is 44.3 Å². The summed E-state index contributed by atoms with van der Waals surface area (Å²) in [5, 5.41) is 3.28. The molecule has 7 nitrogen and oxygen atoms in total. The predicted octanol–water partition coefficient (Wildman–Crippen LogP) is 2.90. The van der Waals surface area contributed by atoms with Gasteiger partial charge in [-0.1, -0.05) is 12.1 Å². The third kappa shape index (κ3) is 5.15. The maximum atomic E-state index is 12.9. The van der Waals surface area contributed by atoms with E-state index in [1.165, 1.54) is 12.0 Å². The SMILES string of the molecule is COc1ccc(C2C(CNC(=O)C3CCN(c4cnccn4)CC3)CCCN2C)cc1. The zero-order valence-corrected chi connectivity index (χ0v) is 18.5. The van der Waals surface area contributed by atoms with Gasteiger partial charge in [-0.15, -0.1) is 0 Å². The number of anilines is 1. The molecule has 2 unspecified atom stereocenters. The molecule has 2 aromatic rings. The number of aromatic nitrogens is 2. The van der Waals surface area contributed by atoms with Crippen molar-refractivity contribution >= 4 is 11.7 Å². The van der Waals surface area contributed by atoms with Gasteiger partial charge in [-0.2, -0.15) is 0 Å². The van der Waals surface area contributed by atoms with Gasteiger partial charge in [0.05, 0.1) is 13.3 Å². The molecule has 2 aliphatic heterocycles. The van der Waals surface area contributed by atoms with Crippen LogP contribution in [0.5, 0.6) is 5.75 Å². The van der Waals surface area contributed by atoms with Gasteiger partial charge < -0.3 is 15.0 Å². The number of nitrogens with one attached hydrogen (secondary N) is 1. The van der Waals surface area contributed by atoms with Gasteiger partial charge in [0.25, 0.3) is 0 Å². The zero-order valence-electron chi connectivity index (χ0n) is 18.5. The largest absolute Gasteiger partial charge is 0.497 e. The van der Waals surface area contributed by atoms with E-state index in [0.717, 1.165) is 57.0 Å². The molecule has 2 aliphatic rings. The first-order chi connectivity index (χ1) is 15.2. The van der Waals surface area contributed by atoms with Crippen molar-refractivity contribution in [2.24, 2.45) is 11.8 Å². The Labute approximate surface area is 184 Å². The summed E-state index contributed by atoms with van der Waals surface area (Å²) >= 11 is 0. The number of likely N-dealkylation sites (tertiary alicyclic amines) is 1. The Balaban J connectivity index is 1.32. The van der Waals surface area contributed by atoms with Crippen LogP contribution in [-0.2, 0) is 4.79 Å². The molecule has 1 aromatic carbocycles. The minimum absolute atomic E-state index is 0.0775. The maximum Gasteiger partial charge on any atom is 0.223 e. The van der Waals surface area contributed by atoms with Gasteiger partial charge in [0.1, 0.15) is 11.6 Å². The fourth-order valence-electron chi connectivity index (χ4n) is 5.00. The average Bonchev–Trinajstić information content (AvgIpc) is 2.83. The van der Waals surface area contributed by atoms with Crippen LogP contribution in [0.3, 0.4) is 0 Å². The van der Waals surface area contributed by atoms with Crippen LogP contribution in [0.25, 0.3) is 0 Å². The van der Waals surface area contributed by atoms with Crippen molar-refractivity contribution in [1.82, 2.24) is 20.2 Å². The van der Waals surface area contributed by atoms with Gasteiger partial charge in [0.2, 0.25) is 5.91 Å². The molecule has 3 heterocycles. The van der Waals surface area contributed by atoms with Crippen LogP contribution in [0.2, 0.25) is 0 Å². The summed E-state index contributed by atoms with van der Waals surface area (Å²) in [5.74, 6) is 2.46. The molecule has 7 heteroatoms.